The molecule has 6 nitrogen and oxygen atoms in total. The number of aromatic nitrogens is 4. The normalized spacial score (nSPS) is 23.2. The van der Waals surface area contributed by atoms with Crippen LogP contribution in [0.3, 0.4) is 0 Å². The van der Waals surface area contributed by atoms with Crippen LogP contribution in [0.15, 0.2) is 24.5 Å². The highest BCUT2D eigenvalue weighted by Crippen LogP contribution is 2.47. The number of hydrogen-bond donors (Lipinski definition) is 1. The molecule has 0 spiro atoms. The molecular formula is C17H23ClFN5O. The van der Waals surface area contributed by atoms with Crippen LogP contribution in [0.25, 0.3) is 5.69 Å². The minimum absolute atomic E-state index is 0. The Morgan fingerprint density at radius 2 is 2.12 bits per heavy atom. The minimum Gasteiger partial charge on any atom is -1.00 e. The topological polar surface area (TPSA) is 69.4 Å². The largest absolute Gasteiger partial charge is 1.00 e. The first-order chi connectivity index (χ1) is 11.8. The SMILES string of the molecule is Fc1cc(-n2cnnn2)ccc1COC[C@@H]1C[C@@H]1C1CC[NH2+]CC1.[Cl-]. The second-order valence-corrected chi connectivity index (χ2v) is 6.91. The maximum Gasteiger partial charge on any atom is 0.143 e. The van der Waals surface area contributed by atoms with Gasteiger partial charge in [-0.25, -0.2) is 9.07 Å². The molecule has 136 valence electrons. The molecule has 0 amide bonds. The minimum atomic E-state index is -0.279. The summed E-state index contributed by atoms with van der Waals surface area (Å²) >= 11 is 0. The van der Waals surface area contributed by atoms with E-state index in [9.17, 15) is 4.39 Å². The number of ether oxygens (including phenoxy) is 1. The van der Waals surface area contributed by atoms with Crippen molar-refractivity contribution in [1.29, 1.82) is 0 Å². The Balaban J connectivity index is 0.00000182. The van der Waals surface area contributed by atoms with Crippen molar-refractivity contribution in [2.75, 3.05) is 19.7 Å². The summed E-state index contributed by atoms with van der Waals surface area (Å²) in [5.41, 5.74) is 1.19. The monoisotopic (exact) mass is 367 g/mol. The van der Waals surface area contributed by atoms with E-state index >= 15 is 0 Å². The summed E-state index contributed by atoms with van der Waals surface area (Å²) in [6.07, 6.45) is 5.41. The molecule has 1 saturated carbocycles. The standard InChI is InChI=1S/C17H22FN5O.ClH/c18-17-8-15(23-11-20-21-22-23)2-1-13(17)9-24-10-14-7-16(14)12-3-5-19-6-4-12;/h1-2,8,11-12,14,16,19H,3-7,9-10H2;1H/t14-,16+;/m0./s1. The summed E-state index contributed by atoms with van der Waals surface area (Å²) < 4.78 is 21.4. The van der Waals surface area contributed by atoms with E-state index < -0.39 is 0 Å². The third kappa shape index (κ3) is 4.34. The first-order valence-corrected chi connectivity index (χ1v) is 8.72. The van der Waals surface area contributed by atoms with Gasteiger partial charge in [-0.15, -0.1) is 5.10 Å². The zero-order valence-electron chi connectivity index (χ0n) is 14.0. The average Bonchev–Trinajstić information content (AvgIpc) is 3.17. The van der Waals surface area contributed by atoms with Crippen molar-refractivity contribution in [3.63, 3.8) is 0 Å². The molecule has 25 heavy (non-hydrogen) atoms. The van der Waals surface area contributed by atoms with Gasteiger partial charge in [0, 0.05) is 11.6 Å². The predicted octanol–water partition coefficient (Wildman–Crippen LogP) is -2.07. The summed E-state index contributed by atoms with van der Waals surface area (Å²) in [5.74, 6) is 2.12. The molecule has 1 saturated heterocycles. The number of nitrogens with zero attached hydrogens (tertiary/aromatic N) is 4. The molecule has 0 bridgehead atoms. The second kappa shape index (κ2) is 8.21. The van der Waals surface area contributed by atoms with Crippen molar-refractivity contribution in [3.05, 3.63) is 35.9 Å². The summed E-state index contributed by atoms with van der Waals surface area (Å²) in [5, 5.41) is 13.3. The van der Waals surface area contributed by atoms with Gasteiger partial charge in [-0.05, 0) is 53.5 Å². The number of quaternary nitrogens is 1. The van der Waals surface area contributed by atoms with Crippen molar-refractivity contribution in [2.24, 2.45) is 17.8 Å². The van der Waals surface area contributed by atoms with E-state index in [0.717, 1.165) is 18.4 Å². The number of benzene rings is 1. The highest BCUT2D eigenvalue weighted by molar-refractivity contribution is 5.34. The average molecular weight is 368 g/mol. The van der Waals surface area contributed by atoms with Gasteiger partial charge in [-0.1, -0.05) is 6.07 Å². The van der Waals surface area contributed by atoms with Gasteiger partial charge in [0.15, 0.2) is 0 Å². The molecule has 1 aromatic heterocycles. The summed E-state index contributed by atoms with van der Waals surface area (Å²) in [7, 11) is 0. The second-order valence-electron chi connectivity index (χ2n) is 6.91. The smallest absolute Gasteiger partial charge is 0.143 e. The number of nitrogens with two attached hydrogens (primary N) is 1. The van der Waals surface area contributed by atoms with Crippen LogP contribution in [-0.2, 0) is 11.3 Å². The quantitative estimate of drug-likeness (QED) is 0.637. The molecule has 2 atom stereocenters. The van der Waals surface area contributed by atoms with Gasteiger partial charge >= 0.3 is 0 Å². The molecule has 2 heterocycles. The van der Waals surface area contributed by atoms with Crippen LogP contribution in [0.2, 0.25) is 0 Å². The molecule has 1 aliphatic heterocycles. The number of tetrazole rings is 1. The predicted molar refractivity (Wildman–Crippen MR) is 84.7 cm³/mol. The van der Waals surface area contributed by atoms with Crippen LogP contribution < -0.4 is 17.7 Å². The van der Waals surface area contributed by atoms with Gasteiger partial charge in [0.1, 0.15) is 12.1 Å². The molecule has 2 aliphatic rings. The van der Waals surface area contributed by atoms with Crippen molar-refractivity contribution < 1.29 is 26.9 Å². The lowest BCUT2D eigenvalue weighted by Gasteiger charge is -2.20. The molecule has 2 fully saturated rings. The van der Waals surface area contributed by atoms with E-state index in [2.05, 4.69) is 20.8 Å². The van der Waals surface area contributed by atoms with E-state index in [1.807, 2.05) is 0 Å². The lowest BCUT2D eigenvalue weighted by Crippen LogP contribution is -3.00. The fourth-order valence-corrected chi connectivity index (χ4v) is 3.82. The molecule has 0 radical (unpaired) electrons. The lowest BCUT2D eigenvalue weighted by atomic mass is 9.92. The highest BCUT2D eigenvalue weighted by Gasteiger charge is 2.43. The Bertz CT molecular complexity index is 678. The first-order valence-electron chi connectivity index (χ1n) is 8.72. The number of halogens is 2. The van der Waals surface area contributed by atoms with E-state index in [4.69, 9.17) is 4.74 Å². The van der Waals surface area contributed by atoms with Crippen LogP contribution in [0, 0.1) is 23.6 Å². The molecule has 1 aromatic carbocycles. The zero-order valence-corrected chi connectivity index (χ0v) is 14.8. The van der Waals surface area contributed by atoms with Gasteiger partial charge in [0.2, 0.25) is 0 Å². The number of hydrogen-bond acceptors (Lipinski definition) is 4. The maximum absolute atomic E-state index is 14.2. The first kappa shape index (κ1) is 18.2. The van der Waals surface area contributed by atoms with Gasteiger partial charge < -0.3 is 22.5 Å². The number of rotatable bonds is 6. The van der Waals surface area contributed by atoms with Crippen LogP contribution >= 0.6 is 0 Å². The Kier molecular flexibility index (Phi) is 5.98. The molecule has 8 heteroatoms. The van der Waals surface area contributed by atoms with E-state index in [1.165, 1.54) is 49.4 Å². The van der Waals surface area contributed by atoms with Crippen molar-refractivity contribution in [3.8, 4) is 5.69 Å². The number of piperidine rings is 1. The lowest BCUT2D eigenvalue weighted by molar-refractivity contribution is -0.665. The van der Waals surface area contributed by atoms with Gasteiger partial charge in [-0.3, -0.25) is 0 Å². The fraction of sp³-hybridized carbons (Fsp3) is 0.588. The summed E-state index contributed by atoms with van der Waals surface area (Å²) in [4.78, 5) is 0. The van der Waals surface area contributed by atoms with E-state index in [-0.39, 0.29) is 18.2 Å². The van der Waals surface area contributed by atoms with Crippen molar-refractivity contribution in [1.82, 2.24) is 20.2 Å². The summed E-state index contributed by atoms with van der Waals surface area (Å²) in [6.45, 7) is 3.61. The van der Waals surface area contributed by atoms with Gasteiger partial charge in [0.05, 0.1) is 32.0 Å². The molecule has 2 aromatic rings. The molecular weight excluding hydrogens is 345 g/mol. The Morgan fingerprint density at radius 1 is 1.28 bits per heavy atom. The zero-order chi connectivity index (χ0) is 16.4. The third-order valence-electron chi connectivity index (χ3n) is 5.31. The molecule has 1 aliphatic carbocycles. The van der Waals surface area contributed by atoms with E-state index in [1.54, 1.807) is 12.1 Å². The van der Waals surface area contributed by atoms with Crippen molar-refractivity contribution in [2.45, 2.75) is 25.9 Å². The Morgan fingerprint density at radius 3 is 2.84 bits per heavy atom. The van der Waals surface area contributed by atoms with Gasteiger partial charge in [0.25, 0.3) is 0 Å². The molecule has 2 N–H and O–H groups in total. The molecule has 4 rings (SSSR count). The molecule has 0 unspecified atom stereocenters. The van der Waals surface area contributed by atoms with Crippen LogP contribution in [0.5, 0.6) is 0 Å². The highest BCUT2D eigenvalue weighted by atomic mass is 35.5. The third-order valence-corrected chi connectivity index (χ3v) is 5.31. The van der Waals surface area contributed by atoms with Crippen LogP contribution in [0.1, 0.15) is 24.8 Å². The Hall–Kier alpha value is -1.57. The van der Waals surface area contributed by atoms with Gasteiger partial charge in [-0.2, -0.15) is 0 Å². The van der Waals surface area contributed by atoms with Crippen LogP contribution in [0.4, 0.5) is 4.39 Å². The van der Waals surface area contributed by atoms with Crippen LogP contribution in [-0.4, -0.2) is 39.9 Å². The fourth-order valence-electron chi connectivity index (χ4n) is 3.82. The summed E-state index contributed by atoms with van der Waals surface area (Å²) in [6, 6.07) is 4.98. The Labute approximate surface area is 152 Å². The maximum atomic E-state index is 14.2. The van der Waals surface area contributed by atoms with Crippen molar-refractivity contribution >= 4 is 0 Å². The van der Waals surface area contributed by atoms with E-state index in [0.29, 0.717) is 23.8 Å².